The summed E-state index contributed by atoms with van der Waals surface area (Å²) in [5, 5.41) is 0. The molecule has 2 unspecified atom stereocenters. The van der Waals surface area contributed by atoms with Gasteiger partial charge in [0.25, 0.3) is 0 Å². The van der Waals surface area contributed by atoms with Gasteiger partial charge in [0, 0.05) is 12.6 Å². The van der Waals surface area contributed by atoms with E-state index in [4.69, 9.17) is 12.2 Å². The molecule has 78 valence electrons. The molecule has 1 aliphatic rings. The lowest BCUT2D eigenvalue weighted by atomic mass is 10.0. The molecule has 0 radical (unpaired) electrons. The highest BCUT2D eigenvalue weighted by Gasteiger charge is 2.32. The van der Waals surface area contributed by atoms with Gasteiger partial charge in [-0.1, -0.05) is 12.3 Å². The van der Waals surface area contributed by atoms with Gasteiger partial charge in [0.05, 0.1) is 12.5 Å². The predicted octanol–water partition coefficient (Wildman–Crippen LogP) is 0.596. The molecular weight excluding hydrogens is 176 g/mol. The molecule has 3 heteroatoms. The summed E-state index contributed by atoms with van der Waals surface area (Å²) >= 11 is 0. The number of nitrogens with zero attached hydrogens (tertiary/aromatic N) is 1. The molecule has 1 fully saturated rings. The third-order valence-corrected chi connectivity index (χ3v) is 2.86. The van der Waals surface area contributed by atoms with E-state index in [0.29, 0.717) is 13.1 Å². The topological polar surface area (TPSA) is 46.3 Å². The van der Waals surface area contributed by atoms with Crippen LogP contribution in [0.3, 0.4) is 0 Å². The quantitative estimate of drug-likeness (QED) is 0.669. The van der Waals surface area contributed by atoms with Gasteiger partial charge in [-0.25, -0.2) is 0 Å². The Morgan fingerprint density at radius 3 is 2.79 bits per heavy atom. The smallest absolute Gasteiger partial charge is 0.228 e. The average Bonchev–Trinajstić information content (AvgIpc) is 2.59. The summed E-state index contributed by atoms with van der Waals surface area (Å²) in [4.78, 5) is 13.6. The van der Waals surface area contributed by atoms with Gasteiger partial charge < -0.3 is 10.6 Å². The van der Waals surface area contributed by atoms with Crippen LogP contribution in [0, 0.1) is 18.3 Å². The van der Waals surface area contributed by atoms with E-state index in [9.17, 15) is 4.79 Å². The number of hydrogen-bond donors (Lipinski definition) is 1. The molecule has 0 aromatic carbocycles. The lowest BCUT2D eigenvalue weighted by Crippen LogP contribution is -2.41. The molecule has 1 rings (SSSR count). The van der Waals surface area contributed by atoms with Crippen LogP contribution in [0.25, 0.3) is 0 Å². The number of rotatable bonds is 3. The predicted molar refractivity (Wildman–Crippen MR) is 56.4 cm³/mol. The number of hydrogen-bond acceptors (Lipinski definition) is 2. The molecular formula is C11H18N2O. The first-order valence-electron chi connectivity index (χ1n) is 5.18. The molecule has 1 amide bonds. The van der Waals surface area contributed by atoms with Crippen LogP contribution in [-0.4, -0.2) is 29.9 Å². The number of nitrogens with two attached hydrogens (primary N) is 1. The molecule has 0 aliphatic heterocycles. The Morgan fingerprint density at radius 1 is 1.64 bits per heavy atom. The molecule has 2 N–H and O–H groups in total. The maximum absolute atomic E-state index is 11.9. The maximum Gasteiger partial charge on any atom is 0.228 e. The van der Waals surface area contributed by atoms with Crippen molar-refractivity contribution in [2.45, 2.75) is 32.2 Å². The molecule has 0 aromatic rings. The summed E-state index contributed by atoms with van der Waals surface area (Å²) in [6.45, 7) is 3.01. The second kappa shape index (κ2) is 5.02. The normalized spacial score (nSPS) is 25.8. The van der Waals surface area contributed by atoms with Crippen LogP contribution in [0.5, 0.6) is 0 Å². The van der Waals surface area contributed by atoms with Crippen LogP contribution in [0.2, 0.25) is 0 Å². The molecule has 0 bridgehead atoms. The third-order valence-electron chi connectivity index (χ3n) is 2.86. The van der Waals surface area contributed by atoms with Crippen molar-refractivity contribution in [3.8, 4) is 12.3 Å². The summed E-state index contributed by atoms with van der Waals surface area (Å²) in [7, 11) is 0. The monoisotopic (exact) mass is 194 g/mol. The molecule has 1 saturated carbocycles. The van der Waals surface area contributed by atoms with Crippen molar-refractivity contribution in [2.24, 2.45) is 11.7 Å². The zero-order valence-electron chi connectivity index (χ0n) is 8.70. The molecule has 0 spiro atoms. The van der Waals surface area contributed by atoms with E-state index in [2.05, 4.69) is 5.92 Å². The summed E-state index contributed by atoms with van der Waals surface area (Å²) < 4.78 is 0. The van der Waals surface area contributed by atoms with Crippen LogP contribution < -0.4 is 5.73 Å². The third kappa shape index (κ3) is 2.27. The minimum Gasteiger partial charge on any atom is -0.332 e. The van der Waals surface area contributed by atoms with Crippen LogP contribution in [0.1, 0.15) is 26.2 Å². The minimum atomic E-state index is 0.00306. The van der Waals surface area contributed by atoms with E-state index in [-0.39, 0.29) is 17.9 Å². The Bertz CT molecular complexity index is 244. The molecule has 0 saturated heterocycles. The van der Waals surface area contributed by atoms with E-state index in [1.807, 2.05) is 6.92 Å². The zero-order valence-corrected chi connectivity index (χ0v) is 8.70. The fraction of sp³-hybridized carbons (Fsp3) is 0.727. The molecule has 0 aromatic heterocycles. The lowest BCUT2D eigenvalue weighted by molar-refractivity contribution is -0.134. The van der Waals surface area contributed by atoms with E-state index in [1.54, 1.807) is 4.90 Å². The largest absolute Gasteiger partial charge is 0.332 e. The standard InChI is InChI=1S/C11H18N2O/c1-3-8-13(4-2)11(14)9-6-5-7-10(9)12/h1,9-10H,4-8,12H2,2H3. The highest BCUT2D eigenvalue weighted by atomic mass is 16.2. The van der Waals surface area contributed by atoms with E-state index < -0.39 is 0 Å². The van der Waals surface area contributed by atoms with Gasteiger partial charge in [-0.05, 0) is 19.8 Å². The molecule has 14 heavy (non-hydrogen) atoms. The van der Waals surface area contributed by atoms with Crippen molar-refractivity contribution in [3.63, 3.8) is 0 Å². The molecule has 0 heterocycles. The molecule has 3 nitrogen and oxygen atoms in total. The van der Waals surface area contributed by atoms with Gasteiger partial charge in [0.2, 0.25) is 5.91 Å². The number of carbonyl (C=O) groups is 1. The van der Waals surface area contributed by atoms with Gasteiger partial charge in [0.15, 0.2) is 0 Å². The average molecular weight is 194 g/mol. The van der Waals surface area contributed by atoms with E-state index >= 15 is 0 Å². The Kier molecular flexibility index (Phi) is 3.97. The summed E-state index contributed by atoms with van der Waals surface area (Å²) in [5.74, 6) is 2.64. The van der Waals surface area contributed by atoms with Crippen molar-refractivity contribution < 1.29 is 4.79 Å². The summed E-state index contributed by atoms with van der Waals surface area (Å²) in [5.41, 5.74) is 5.87. The van der Waals surface area contributed by atoms with Crippen LogP contribution in [0.4, 0.5) is 0 Å². The first-order chi connectivity index (χ1) is 6.70. The second-order valence-electron chi connectivity index (χ2n) is 3.76. The second-order valence-corrected chi connectivity index (χ2v) is 3.76. The van der Waals surface area contributed by atoms with Crippen molar-refractivity contribution in [3.05, 3.63) is 0 Å². The van der Waals surface area contributed by atoms with Gasteiger partial charge >= 0.3 is 0 Å². The van der Waals surface area contributed by atoms with Crippen molar-refractivity contribution in [1.29, 1.82) is 0 Å². The van der Waals surface area contributed by atoms with Gasteiger partial charge in [-0.3, -0.25) is 4.79 Å². The number of amides is 1. The summed E-state index contributed by atoms with van der Waals surface area (Å²) in [6, 6.07) is 0.0364. The zero-order chi connectivity index (χ0) is 10.6. The number of carbonyl (C=O) groups excluding carboxylic acids is 1. The fourth-order valence-electron chi connectivity index (χ4n) is 1.99. The summed E-state index contributed by atoms with van der Waals surface area (Å²) in [6.07, 6.45) is 8.14. The van der Waals surface area contributed by atoms with Gasteiger partial charge in [0.1, 0.15) is 0 Å². The van der Waals surface area contributed by atoms with Crippen molar-refractivity contribution >= 4 is 5.91 Å². The van der Waals surface area contributed by atoms with Gasteiger partial charge in [-0.15, -0.1) is 6.42 Å². The first kappa shape index (κ1) is 11.1. The highest BCUT2D eigenvalue weighted by molar-refractivity contribution is 5.80. The van der Waals surface area contributed by atoms with Gasteiger partial charge in [-0.2, -0.15) is 0 Å². The van der Waals surface area contributed by atoms with Crippen molar-refractivity contribution in [1.82, 2.24) is 4.90 Å². The number of terminal acetylenes is 1. The van der Waals surface area contributed by atoms with Crippen LogP contribution in [0.15, 0.2) is 0 Å². The van der Waals surface area contributed by atoms with Crippen molar-refractivity contribution in [2.75, 3.05) is 13.1 Å². The maximum atomic E-state index is 11.9. The highest BCUT2D eigenvalue weighted by Crippen LogP contribution is 2.25. The first-order valence-corrected chi connectivity index (χ1v) is 5.18. The SMILES string of the molecule is C#CCN(CC)C(=O)C1CCCC1N. The Labute approximate surface area is 85.6 Å². The van der Waals surface area contributed by atoms with E-state index in [0.717, 1.165) is 19.3 Å². The Morgan fingerprint density at radius 2 is 2.36 bits per heavy atom. The fourth-order valence-corrected chi connectivity index (χ4v) is 1.99. The van der Waals surface area contributed by atoms with E-state index in [1.165, 1.54) is 0 Å². The molecule has 2 atom stereocenters. The lowest BCUT2D eigenvalue weighted by Gasteiger charge is -2.24. The Hall–Kier alpha value is -1.01. The molecule has 1 aliphatic carbocycles. The minimum absolute atomic E-state index is 0.00306. The Balaban J connectivity index is 2.58. The van der Waals surface area contributed by atoms with Crippen LogP contribution >= 0.6 is 0 Å². The van der Waals surface area contributed by atoms with Crippen LogP contribution in [-0.2, 0) is 4.79 Å².